The third-order valence-corrected chi connectivity index (χ3v) is 5.89. The Labute approximate surface area is 178 Å². The van der Waals surface area contributed by atoms with E-state index in [-0.39, 0.29) is 17.4 Å². The average Bonchev–Trinajstić information content (AvgIpc) is 3.30. The number of benzene rings is 2. The van der Waals surface area contributed by atoms with Crippen LogP contribution in [0.3, 0.4) is 0 Å². The molecule has 3 heterocycles. The minimum absolute atomic E-state index is 0.0862. The lowest BCUT2D eigenvalue weighted by Gasteiger charge is -2.30. The van der Waals surface area contributed by atoms with Crippen LogP contribution >= 0.6 is 0 Å². The second-order valence-corrected chi connectivity index (χ2v) is 7.77. The largest absolute Gasteiger partial charge is 0.422 e. The van der Waals surface area contributed by atoms with Crippen LogP contribution in [0.5, 0.6) is 0 Å². The van der Waals surface area contributed by atoms with Gasteiger partial charge in [-0.1, -0.05) is 53.7 Å². The zero-order valence-electron chi connectivity index (χ0n) is 17.1. The van der Waals surface area contributed by atoms with Crippen molar-refractivity contribution in [3.63, 3.8) is 0 Å². The van der Waals surface area contributed by atoms with Gasteiger partial charge in [-0.05, 0) is 31.4 Å². The number of aromatic nitrogens is 2. The Kier molecular flexibility index (Phi) is 4.86. The van der Waals surface area contributed by atoms with Crippen molar-refractivity contribution in [3.8, 4) is 11.4 Å². The molecule has 0 unspecified atom stereocenters. The normalized spacial score (nSPS) is 14.8. The summed E-state index contributed by atoms with van der Waals surface area (Å²) in [7, 11) is 0. The van der Waals surface area contributed by atoms with Crippen LogP contribution in [-0.4, -0.2) is 34.0 Å². The highest BCUT2D eigenvalue weighted by Gasteiger charge is 2.30. The van der Waals surface area contributed by atoms with E-state index < -0.39 is 5.63 Å². The standard InChI is InChI=1S/C24H21N3O4/c1-15-18-9-5-6-10-19(18)30-24(29)20(15)23(28)27-13-11-17(12-14-27)22-25-21(26-31-22)16-7-3-2-4-8-16/h2-10,17H,11-14H2,1H3. The van der Waals surface area contributed by atoms with E-state index in [9.17, 15) is 9.59 Å². The first-order chi connectivity index (χ1) is 15.1. The zero-order valence-corrected chi connectivity index (χ0v) is 17.1. The summed E-state index contributed by atoms with van der Waals surface area (Å²) >= 11 is 0. The van der Waals surface area contributed by atoms with Crippen LogP contribution in [0.25, 0.3) is 22.4 Å². The number of nitrogens with zero attached hydrogens (tertiary/aromatic N) is 3. The SMILES string of the molecule is Cc1c(C(=O)N2CCC(c3nc(-c4ccccc4)no3)CC2)c(=O)oc2ccccc12. The van der Waals surface area contributed by atoms with Gasteiger partial charge >= 0.3 is 5.63 Å². The van der Waals surface area contributed by atoms with Gasteiger partial charge in [-0.3, -0.25) is 4.79 Å². The number of carbonyl (C=O) groups is 1. The second-order valence-electron chi connectivity index (χ2n) is 7.77. The summed E-state index contributed by atoms with van der Waals surface area (Å²) in [4.78, 5) is 31.9. The van der Waals surface area contributed by atoms with E-state index >= 15 is 0 Å². The van der Waals surface area contributed by atoms with E-state index in [1.165, 1.54) is 0 Å². The Balaban J connectivity index is 1.32. The van der Waals surface area contributed by atoms with Crippen molar-refractivity contribution in [3.05, 3.63) is 82.0 Å². The number of rotatable bonds is 3. The first kappa shape index (κ1) is 19.2. The molecule has 156 valence electrons. The Bertz CT molecular complexity index is 1300. The van der Waals surface area contributed by atoms with Gasteiger partial charge in [-0.25, -0.2) is 4.79 Å². The van der Waals surface area contributed by atoms with Crippen LogP contribution in [0.4, 0.5) is 0 Å². The minimum Gasteiger partial charge on any atom is -0.422 e. The third kappa shape index (κ3) is 3.52. The fourth-order valence-electron chi connectivity index (χ4n) is 4.14. The first-order valence-corrected chi connectivity index (χ1v) is 10.3. The van der Waals surface area contributed by atoms with Crippen LogP contribution in [-0.2, 0) is 0 Å². The van der Waals surface area contributed by atoms with E-state index in [0.29, 0.717) is 48.8 Å². The molecule has 5 rings (SSSR count). The van der Waals surface area contributed by atoms with Gasteiger partial charge < -0.3 is 13.8 Å². The van der Waals surface area contributed by atoms with Crippen LogP contribution in [0.2, 0.25) is 0 Å². The monoisotopic (exact) mass is 415 g/mol. The maximum absolute atomic E-state index is 13.1. The summed E-state index contributed by atoms with van der Waals surface area (Å²) in [6.45, 7) is 2.82. The molecular weight excluding hydrogens is 394 g/mol. The van der Waals surface area contributed by atoms with Crippen molar-refractivity contribution in [1.29, 1.82) is 0 Å². The molecule has 0 aliphatic carbocycles. The maximum Gasteiger partial charge on any atom is 0.349 e. The fraction of sp³-hybridized carbons (Fsp3) is 0.250. The number of para-hydroxylation sites is 1. The smallest absolute Gasteiger partial charge is 0.349 e. The van der Waals surface area contributed by atoms with Gasteiger partial charge in [0.1, 0.15) is 11.1 Å². The van der Waals surface area contributed by atoms with Gasteiger partial charge in [-0.15, -0.1) is 0 Å². The summed E-state index contributed by atoms with van der Waals surface area (Å²) in [5, 5.41) is 4.87. The van der Waals surface area contributed by atoms with E-state index in [1.807, 2.05) is 42.5 Å². The highest BCUT2D eigenvalue weighted by atomic mass is 16.5. The molecule has 0 spiro atoms. The zero-order chi connectivity index (χ0) is 21.4. The quantitative estimate of drug-likeness (QED) is 0.467. The summed E-state index contributed by atoms with van der Waals surface area (Å²) in [6.07, 6.45) is 1.39. The predicted octanol–water partition coefficient (Wildman–Crippen LogP) is 4.17. The van der Waals surface area contributed by atoms with E-state index in [0.717, 1.165) is 10.9 Å². The summed E-state index contributed by atoms with van der Waals surface area (Å²) in [6, 6.07) is 16.9. The molecule has 1 aliphatic rings. The Morgan fingerprint density at radius 3 is 2.52 bits per heavy atom. The molecule has 1 fully saturated rings. The second kappa shape index (κ2) is 7.83. The van der Waals surface area contributed by atoms with Crippen LogP contribution < -0.4 is 5.63 Å². The molecule has 0 radical (unpaired) electrons. The third-order valence-electron chi connectivity index (χ3n) is 5.89. The number of carbonyl (C=O) groups excluding carboxylic acids is 1. The van der Waals surface area contributed by atoms with Gasteiger partial charge in [0.2, 0.25) is 11.7 Å². The lowest BCUT2D eigenvalue weighted by molar-refractivity contribution is 0.0699. The first-order valence-electron chi connectivity index (χ1n) is 10.3. The molecule has 2 aromatic carbocycles. The predicted molar refractivity (Wildman–Crippen MR) is 115 cm³/mol. The number of piperidine rings is 1. The van der Waals surface area contributed by atoms with Crippen LogP contribution in [0.1, 0.15) is 40.6 Å². The van der Waals surface area contributed by atoms with Gasteiger partial charge in [-0.2, -0.15) is 4.98 Å². The summed E-state index contributed by atoms with van der Waals surface area (Å²) in [5.41, 5.74) is 1.58. The molecule has 2 aromatic heterocycles. The summed E-state index contributed by atoms with van der Waals surface area (Å²) in [5.74, 6) is 0.958. The Morgan fingerprint density at radius 2 is 1.74 bits per heavy atom. The Morgan fingerprint density at radius 1 is 1.03 bits per heavy atom. The number of amides is 1. The number of hydrogen-bond donors (Lipinski definition) is 0. The average molecular weight is 415 g/mol. The summed E-state index contributed by atoms with van der Waals surface area (Å²) < 4.78 is 10.9. The van der Waals surface area contributed by atoms with Gasteiger partial charge in [0.25, 0.3) is 5.91 Å². The molecule has 31 heavy (non-hydrogen) atoms. The van der Waals surface area contributed by atoms with E-state index in [2.05, 4.69) is 10.1 Å². The van der Waals surface area contributed by atoms with Gasteiger partial charge in [0.15, 0.2) is 0 Å². The molecule has 1 saturated heterocycles. The number of likely N-dealkylation sites (tertiary alicyclic amines) is 1. The molecule has 7 heteroatoms. The van der Waals surface area contributed by atoms with Crippen molar-refractivity contribution < 1.29 is 13.7 Å². The number of fused-ring (bicyclic) bond motifs is 1. The molecule has 4 aromatic rings. The molecule has 7 nitrogen and oxygen atoms in total. The maximum atomic E-state index is 13.1. The van der Waals surface area contributed by atoms with Crippen LogP contribution in [0, 0.1) is 6.92 Å². The number of aryl methyl sites for hydroxylation is 1. The van der Waals surface area contributed by atoms with Gasteiger partial charge in [0, 0.05) is 30.0 Å². The highest BCUT2D eigenvalue weighted by molar-refractivity contribution is 5.99. The molecule has 0 N–H and O–H groups in total. The molecule has 0 bridgehead atoms. The lowest BCUT2D eigenvalue weighted by atomic mass is 9.95. The van der Waals surface area contributed by atoms with Crippen molar-refractivity contribution in [2.75, 3.05) is 13.1 Å². The molecule has 0 atom stereocenters. The molecular formula is C24H21N3O4. The number of hydrogen-bond acceptors (Lipinski definition) is 6. The topological polar surface area (TPSA) is 89.4 Å². The van der Waals surface area contributed by atoms with Crippen molar-refractivity contribution in [1.82, 2.24) is 15.0 Å². The van der Waals surface area contributed by atoms with Gasteiger partial charge in [0.05, 0.1) is 0 Å². The molecule has 1 amide bonds. The van der Waals surface area contributed by atoms with Crippen LogP contribution in [0.15, 0.2) is 68.3 Å². The molecule has 0 saturated carbocycles. The Hall–Kier alpha value is -3.74. The highest BCUT2D eigenvalue weighted by Crippen LogP contribution is 2.29. The van der Waals surface area contributed by atoms with E-state index in [4.69, 9.17) is 8.94 Å². The van der Waals surface area contributed by atoms with Crippen molar-refractivity contribution >= 4 is 16.9 Å². The van der Waals surface area contributed by atoms with Crippen molar-refractivity contribution in [2.45, 2.75) is 25.7 Å². The molecule has 1 aliphatic heterocycles. The minimum atomic E-state index is -0.590. The fourth-order valence-corrected chi connectivity index (χ4v) is 4.14. The van der Waals surface area contributed by atoms with Crippen molar-refractivity contribution in [2.24, 2.45) is 0 Å². The lowest BCUT2D eigenvalue weighted by Crippen LogP contribution is -2.40. The van der Waals surface area contributed by atoms with E-state index in [1.54, 1.807) is 24.0 Å².